The maximum atomic E-state index is 12.1. The lowest BCUT2D eigenvalue weighted by Crippen LogP contribution is -2.46. The highest BCUT2D eigenvalue weighted by Crippen LogP contribution is 2.40. The van der Waals surface area contributed by atoms with E-state index in [1.165, 1.54) is 4.90 Å². The van der Waals surface area contributed by atoms with Gasteiger partial charge in [-0.1, -0.05) is 22.6 Å². The van der Waals surface area contributed by atoms with E-state index >= 15 is 0 Å². The Labute approximate surface area is 115 Å². The molecule has 0 radical (unpaired) electrons. The van der Waals surface area contributed by atoms with Crippen molar-refractivity contribution < 1.29 is 9.59 Å². The van der Waals surface area contributed by atoms with E-state index in [0.717, 1.165) is 0 Å². The fraction of sp³-hybridized carbons (Fsp3) is 0.818. The molecule has 0 saturated carbocycles. The number of thioether (sulfide) groups is 1. The first-order valence-corrected chi connectivity index (χ1v) is 7.22. The molecule has 1 rings (SSSR count). The molecule has 1 aliphatic heterocycles. The molecular weight excluding hydrogens is 337 g/mol. The zero-order chi connectivity index (χ0) is 12.7. The number of carbonyl (C=O) groups excluding carboxylic acids is 2. The Bertz CT molecular complexity index is 317. The van der Waals surface area contributed by atoms with E-state index in [9.17, 15) is 9.59 Å². The summed E-state index contributed by atoms with van der Waals surface area (Å²) >= 11 is 3.86. The van der Waals surface area contributed by atoms with Gasteiger partial charge in [0.2, 0.25) is 11.8 Å². The third-order valence-electron chi connectivity index (χ3n) is 2.20. The van der Waals surface area contributed by atoms with Crippen molar-refractivity contribution in [2.24, 2.45) is 0 Å². The van der Waals surface area contributed by atoms with Gasteiger partial charge in [-0.05, 0) is 34.6 Å². The van der Waals surface area contributed by atoms with Crippen LogP contribution in [0.15, 0.2) is 0 Å². The van der Waals surface area contributed by atoms with Crippen molar-refractivity contribution in [1.82, 2.24) is 4.90 Å². The van der Waals surface area contributed by atoms with Crippen LogP contribution in [0.25, 0.3) is 0 Å². The SMILES string of the molecule is CC(C)(I)SC1CC(=O)N(C(C)(C)C)C1=O. The van der Waals surface area contributed by atoms with Crippen LogP contribution in [0, 0.1) is 0 Å². The second-order valence-corrected chi connectivity index (χ2v) is 10.7. The van der Waals surface area contributed by atoms with Crippen LogP contribution in [0.1, 0.15) is 41.0 Å². The highest BCUT2D eigenvalue weighted by molar-refractivity contribution is 14.1. The van der Waals surface area contributed by atoms with Gasteiger partial charge < -0.3 is 0 Å². The van der Waals surface area contributed by atoms with Gasteiger partial charge in [0.15, 0.2) is 0 Å². The van der Waals surface area contributed by atoms with Crippen molar-refractivity contribution in [3.63, 3.8) is 0 Å². The van der Waals surface area contributed by atoms with Crippen molar-refractivity contribution in [2.45, 2.75) is 54.6 Å². The summed E-state index contributed by atoms with van der Waals surface area (Å²) in [7, 11) is 0. The zero-order valence-corrected chi connectivity index (χ0v) is 13.3. The van der Waals surface area contributed by atoms with E-state index in [4.69, 9.17) is 0 Å². The van der Waals surface area contributed by atoms with Crippen LogP contribution < -0.4 is 0 Å². The normalized spacial score (nSPS) is 23.1. The van der Waals surface area contributed by atoms with E-state index < -0.39 is 5.54 Å². The van der Waals surface area contributed by atoms with Gasteiger partial charge in [-0.2, -0.15) is 0 Å². The summed E-state index contributed by atoms with van der Waals surface area (Å²) in [5.41, 5.74) is -0.404. The first-order chi connectivity index (χ1) is 7.02. The van der Waals surface area contributed by atoms with Crippen molar-refractivity contribution in [3.8, 4) is 0 Å². The highest BCUT2D eigenvalue weighted by Gasteiger charge is 2.45. The Morgan fingerprint density at radius 2 is 1.75 bits per heavy atom. The molecule has 0 bridgehead atoms. The van der Waals surface area contributed by atoms with Gasteiger partial charge in [0.25, 0.3) is 0 Å². The van der Waals surface area contributed by atoms with Crippen molar-refractivity contribution >= 4 is 46.2 Å². The summed E-state index contributed by atoms with van der Waals surface area (Å²) in [6.45, 7) is 9.78. The minimum Gasteiger partial charge on any atom is -0.276 e. The van der Waals surface area contributed by atoms with E-state index in [0.29, 0.717) is 6.42 Å². The molecule has 0 aromatic heterocycles. The molecule has 1 saturated heterocycles. The Morgan fingerprint density at radius 1 is 1.25 bits per heavy atom. The topological polar surface area (TPSA) is 37.4 Å². The van der Waals surface area contributed by atoms with Gasteiger partial charge in [-0.15, -0.1) is 11.8 Å². The molecule has 16 heavy (non-hydrogen) atoms. The van der Waals surface area contributed by atoms with Crippen LogP contribution in [0.5, 0.6) is 0 Å². The average Bonchev–Trinajstić information content (AvgIpc) is 2.21. The predicted molar refractivity (Wildman–Crippen MR) is 75.7 cm³/mol. The summed E-state index contributed by atoms with van der Waals surface area (Å²) < 4.78 is -0.0216. The second kappa shape index (κ2) is 4.48. The van der Waals surface area contributed by atoms with Crippen molar-refractivity contribution in [2.75, 3.05) is 0 Å². The van der Waals surface area contributed by atoms with Crippen LogP contribution >= 0.6 is 34.4 Å². The summed E-state index contributed by atoms with van der Waals surface area (Å²) in [6.07, 6.45) is 0.340. The molecule has 0 aromatic carbocycles. The second-order valence-electron chi connectivity index (χ2n) is 5.41. The number of nitrogens with zero attached hydrogens (tertiary/aromatic N) is 1. The van der Waals surface area contributed by atoms with Crippen LogP contribution in [0.3, 0.4) is 0 Å². The van der Waals surface area contributed by atoms with E-state index in [1.54, 1.807) is 11.8 Å². The Balaban J connectivity index is 2.83. The molecular formula is C11H18INO2S. The first kappa shape index (κ1) is 14.3. The number of halogens is 1. The van der Waals surface area contributed by atoms with Crippen molar-refractivity contribution in [3.05, 3.63) is 0 Å². The number of hydrogen-bond donors (Lipinski definition) is 0. The Hall–Kier alpha value is 0.220. The van der Waals surface area contributed by atoms with Gasteiger partial charge in [0, 0.05) is 12.0 Å². The Kier molecular flexibility index (Phi) is 4.00. The molecule has 1 heterocycles. The molecule has 92 valence electrons. The van der Waals surface area contributed by atoms with Gasteiger partial charge in [0.05, 0.1) is 8.00 Å². The number of rotatable bonds is 2. The van der Waals surface area contributed by atoms with Crippen molar-refractivity contribution in [1.29, 1.82) is 0 Å². The number of amides is 2. The minimum absolute atomic E-state index is 0.0216. The lowest BCUT2D eigenvalue weighted by atomic mass is 10.1. The highest BCUT2D eigenvalue weighted by atomic mass is 127. The van der Waals surface area contributed by atoms with E-state index in [2.05, 4.69) is 36.4 Å². The molecule has 0 aliphatic carbocycles. The standard InChI is InChI=1S/C11H18INO2S/c1-10(2,3)13-8(14)6-7(9(13)15)16-11(4,5)12/h7H,6H2,1-5H3. The largest absolute Gasteiger partial charge is 0.276 e. The van der Waals surface area contributed by atoms with Crippen LogP contribution in [0.4, 0.5) is 0 Å². The summed E-state index contributed by atoms with van der Waals surface area (Å²) in [5, 5.41) is -0.210. The molecule has 1 aliphatic rings. The summed E-state index contributed by atoms with van der Waals surface area (Å²) in [5.74, 6) is -0.0807. The summed E-state index contributed by atoms with van der Waals surface area (Å²) in [4.78, 5) is 25.3. The van der Waals surface area contributed by atoms with Gasteiger partial charge in [-0.3, -0.25) is 14.5 Å². The van der Waals surface area contributed by atoms with Crippen LogP contribution in [-0.4, -0.2) is 30.3 Å². The number of alkyl halides is 1. The Morgan fingerprint density at radius 3 is 2.06 bits per heavy atom. The molecule has 0 spiro atoms. The summed E-state index contributed by atoms with van der Waals surface area (Å²) in [6, 6.07) is 0. The van der Waals surface area contributed by atoms with Gasteiger partial charge >= 0.3 is 0 Å². The fourth-order valence-electron chi connectivity index (χ4n) is 1.74. The monoisotopic (exact) mass is 355 g/mol. The fourth-order valence-corrected chi connectivity index (χ4v) is 3.77. The molecule has 0 N–H and O–H groups in total. The smallest absolute Gasteiger partial charge is 0.243 e. The molecule has 1 fully saturated rings. The number of hydrogen-bond acceptors (Lipinski definition) is 3. The minimum atomic E-state index is -0.404. The van der Waals surface area contributed by atoms with E-state index in [-0.39, 0.29) is 19.8 Å². The lowest BCUT2D eigenvalue weighted by molar-refractivity contribution is -0.143. The maximum Gasteiger partial charge on any atom is 0.243 e. The molecule has 3 nitrogen and oxygen atoms in total. The number of imide groups is 1. The number of carbonyl (C=O) groups is 2. The van der Waals surface area contributed by atoms with Gasteiger partial charge in [0.1, 0.15) is 0 Å². The average molecular weight is 355 g/mol. The zero-order valence-electron chi connectivity index (χ0n) is 10.3. The quantitative estimate of drug-likeness (QED) is 0.434. The first-order valence-electron chi connectivity index (χ1n) is 5.26. The molecule has 2 amide bonds. The number of likely N-dealkylation sites (tertiary alicyclic amines) is 1. The van der Waals surface area contributed by atoms with Crippen LogP contribution in [-0.2, 0) is 9.59 Å². The van der Waals surface area contributed by atoms with Crippen LogP contribution in [0.2, 0.25) is 0 Å². The third kappa shape index (κ3) is 3.35. The lowest BCUT2D eigenvalue weighted by Gasteiger charge is -2.30. The molecule has 1 atom stereocenters. The third-order valence-corrected chi connectivity index (χ3v) is 4.17. The molecule has 1 unspecified atom stereocenters. The maximum absolute atomic E-state index is 12.1. The molecule has 0 aromatic rings. The van der Waals surface area contributed by atoms with E-state index in [1.807, 2.05) is 20.8 Å². The van der Waals surface area contributed by atoms with Gasteiger partial charge in [-0.25, -0.2) is 0 Å². The molecule has 5 heteroatoms. The predicted octanol–water partition coefficient (Wildman–Crippen LogP) is 2.82.